The molecule has 2 aromatic rings. The molecule has 1 atom stereocenters. The summed E-state index contributed by atoms with van der Waals surface area (Å²) >= 11 is 0. The van der Waals surface area contributed by atoms with E-state index in [-0.39, 0.29) is 23.5 Å². The van der Waals surface area contributed by atoms with E-state index in [2.05, 4.69) is 16.9 Å². The van der Waals surface area contributed by atoms with Crippen LogP contribution >= 0.6 is 0 Å². The van der Waals surface area contributed by atoms with Crippen molar-refractivity contribution in [2.45, 2.75) is 38.6 Å². The predicted octanol–water partition coefficient (Wildman–Crippen LogP) is 2.76. The highest BCUT2D eigenvalue weighted by Gasteiger charge is 2.31. The van der Waals surface area contributed by atoms with Crippen LogP contribution in [0.2, 0.25) is 0 Å². The van der Waals surface area contributed by atoms with Gasteiger partial charge in [0, 0.05) is 48.7 Å². The normalized spacial score (nSPS) is 19.4. The molecule has 5 nitrogen and oxygen atoms in total. The van der Waals surface area contributed by atoms with E-state index in [0.29, 0.717) is 25.1 Å². The Labute approximate surface area is 147 Å². The maximum atomic E-state index is 13.1. The Morgan fingerprint density at radius 1 is 1.24 bits per heavy atom. The average Bonchev–Trinajstić information content (AvgIpc) is 3.47. The Kier molecular flexibility index (Phi) is 4.07. The summed E-state index contributed by atoms with van der Waals surface area (Å²) in [5.41, 5.74) is 3.51. The Morgan fingerprint density at radius 2 is 2.04 bits per heavy atom. The number of amides is 1. The minimum absolute atomic E-state index is 0.0134. The highest BCUT2D eigenvalue weighted by Crippen LogP contribution is 2.32. The van der Waals surface area contributed by atoms with Crippen LogP contribution in [0.1, 0.15) is 52.9 Å². The second-order valence-corrected chi connectivity index (χ2v) is 7.09. The number of Topliss-reactive ketones (excluding diaryl/α,β-unsaturated/α-hetero) is 1. The average molecular weight is 335 g/mol. The first kappa shape index (κ1) is 15.9. The Bertz CT molecular complexity index is 829. The zero-order chi connectivity index (χ0) is 17.4. The molecule has 1 fully saturated rings. The molecular formula is C20H21N3O2. The quantitative estimate of drug-likeness (QED) is 0.862. The van der Waals surface area contributed by atoms with Gasteiger partial charge in [0.05, 0.1) is 5.69 Å². The van der Waals surface area contributed by atoms with Crippen LogP contribution in [0, 0.1) is 5.92 Å². The summed E-state index contributed by atoms with van der Waals surface area (Å²) in [4.78, 5) is 35.6. The van der Waals surface area contributed by atoms with Crippen molar-refractivity contribution in [3.8, 4) is 0 Å². The molecule has 1 aliphatic carbocycles. The lowest BCUT2D eigenvalue weighted by Crippen LogP contribution is -2.38. The van der Waals surface area contributed by atoms with Gasteiger partial charge in [0.25, 0.3) is 5.91 Å². The molecule has 5 heteroatoms. The third-order valence-electron chi connectivity index (χ3n) is 5.08. The second kappa shape index (κ2) is 6.39. The summed E-state index contributed by atoms with van der Waals surface area (Å²) in [6, 6.07) is 7.49. The molecule has 2 aliphatic rings. The highest BCUT2D eigenvalue weighted by atomic mass is 16.2. The van der Waals surface area contributed by atoms with Gasteiger partial charge in [0.2, 0.25) is 0 Å². The number of ketones is 1. The molecule has 1 amide bonds. The van der Waals surface area contributed by atoms with Gasteiger partial charge in [-0.05, 0) is 24.5 Å². The van der Waals surface area contributed by atoms with E-state index in [0.717, 1.165) is 29.7 Å². The third-order valence-corrected chi connectivity index (χ3v) is 5.08. The molecule has 0 radical (unpaired) electrons. The Balaban J connectivity index is 1.58. The Morgan fingerprint density at radius 3 is 2.84 bits per heavy atom. The topological polar surface area (TPSA) is 63.2 Å². The molecule has 0 spiro atoms. The van der Waals surface area contributed by atoms with Crippen LogP contribution in [-0.2, 0) is 17.8 Å². The van der Waals surface area contributed by atoms with E-state index < -0.39 is 0 Å². The molecule has 1 unspecified atom stereocenters. The first-order valence-electron chi connectivity index (χ1n) is 8.82. The van der Waals surface area contributed by atoms with Gasteiger partial charge in [0.15, 0.2) is 0 Å². The minimum atomic E-state index is -0.0134. The van der Waals surface area contributed by atoms with Gasteiger partial charge in [-0.1, -0.05) is 25.1 Å². The van der Waals surface area contributed by atoms with Crippen LogP contribution in [0.5, 0.6) is 0 Å². The fraction of sp³-hybridized carbons (Fsp3) is 0.400. The molecule has 25 heavy (non-hydrogen) atoms. The van der Waals surface area contributed by atoms with Crippen molar-refractivity contribution in [2.24, 2.45) is 5.92 Å². The number of benzene rings is 1. The van der Waals surface area contributed by atoms with Crippen LogP contribution in [-0.4, -0.2) is 33.1 Å². The fourth-order valence-corrected chi connectivity index (χ4v) is 3.57. The maximum absolute atomic E-state index is 13.1. The van der Waals surface area contributed by atoms with Crippen molar-refractivity contribution < 1.29 is 9.59 Å². The highest BCUT2D eigenvalue weighted by molar-refractivity contribution is 5.97. The molecular weight excluding hydrogens is 314 g/mol. The summed E-state index contributed by atoms with van der Waals surface area (Å²) in [7, 11) is 0. The van der Waals surface area contributed by atoms with Crippen molar-refractivity contribution in [1.29, 1.82) is 0 Å². The number of aromatic nitrogens is 2. The number of carbonyl (C=O) groups is 2. The fourth-order valence-electron chi connectivity index (χ4n) is 3.57. The lowest BCUT2D eigenvalue weighted by molar-refractivity contribution is -0.119. The largest absolute Gasteiger partial charge is 0.334 e. The van der Waals surface area contributed by atoms with Gasteiger partial charge in [-0.25, -0.2) is 9.97 Å². The zero-order valence-corrected chi connectivity index (χ0v) is 14.3. The first-order chi connectivity index (χ1) is 12.1. The van der Waals surface area contributed by atoms with Gasteiger partial charge in [0.1, 0.15) is 12.1 Å². The van der Waals surface area contributed by atoms with Crippen LogP contribution in [0.25, 0.3) is 0 Å². The standard InChI is InChI=1S/C20H21N3O2/c1-13-10-23(11-16-9-21-12-22-19(13)16)20(25)17-5-3-2-4-15(17)8-18(24)14-6-7-14/h2-5,9,12-14H,6-8,10-11H2,1H3. The van der Waals surface area contributed by atoms with Crippen molar-refractivity contribution in [3.05, 3.63) is 59.2 Å². The first-order valence-corrected chi connectivity index (χ1v) is 8.82. The van der Waals surface area contributed by atoms with Crippen molar-refractivity contribution in [2.75, 3.05) is 6.54 Å². The molecule has 1 aromatic heterocycles. The zero-order valence-electron chi connectivity index (χ0n) is 14.3. The molecule has 4 rings (SSSR count). The van der Waals surface area contributed by atoms with Gasteiger partial charge in [-0.15, -0.1) is 0 Å². The van der Waals surface area contributed by atoms with Crippen molar-refractivity contribution >= 4 is 11.7 Å². The van der Waals surface area contributed by atoms with Crippen molar-refractivity contribution in [1.82, 2.24) is 14.9 Å². The van der Waals surface area contributed by atoms with Crippen LogP contribution in [0.4, 0.5) is 0 Å². The molecule has 1 aromatic carbocycles. The van der Waals surface area contributed by atoms with E-state index in [1.165, 1.54) is 0 Å². The lowest BCUT2D eigenvalue weighted by Gasteiger charge is -2.32. The summed E-state index contributed by atoms with van der Waals surface area (Å²) in [6.45, 7) is 3.23. The van der Waals surface area contributed by atoms with Crippen LogP contribution in [0.15, 0.2) is 36.8 Å². The van der Waals surface area contributed by atoms with E-state index in [1.54, 1.807) is 12.5 Å². The predicted molar refractivity (Wildman–Crippen MR) is 93.1 cm³/mol. The molecule has 1 aliphatic heterocycles. The van der Waals surface area contributed by atoms with Gasteiger partial charge >= 0.3 is 0 Å². The molecule has 0 N–H and O–H groups in total. The third kappa shape index (κ3) is 3.18. The number of fused-ring (bicyclic) bond motifs is 1. The summed E-state index contributed by atoms with van der Waals surface area (Å²) < 4.78 is 0. The van der Waals surface area contributed by atoms with Crippen LogP contribution < -0.4 is 0 Å². The van der Waals surface area contributed by atoms with E-state index in [4.69, 9.17) is 0 Å². The number of hydrogen-bond acceptors (Lipinski definition) is 4. The van der Waals surface area contributed by atoms with Crippen LogP contribution in [0.3, 0.4) is 0 Å². The second-order valence-electron chi connectivity index (χ2n) is 7.09. The van der Waals surface area contributed by atoms with Gasteiger partial charge in [-0.3, -0.25) is 9.59 Å². The number of hydrogen-bond donors (Lipinski definition) is 0. The lowest BCUT2D eigenvalue weighted by atomic mass is 9.95. The summed E-state index contributed by atoms with van der Waals surface area (Å²) in [5.74, 6) is 0.629. The van der Waals surface area contributed by atoms with E-state index in [1.807, 2.05) is 29.2 Å². The molecule has 1 saturated carbocycles. The van der Waals surface area contributed by atoms with Gasteiger partial charge < -0.3 is 4.90 Å². The number of rotatable bonds is 4. The van der Waals surface area contributed by atoms with Gasteiger partial charge in [-0.2, -0.15) is 0 Å². The molecule has 0 bridgehead atoms. The SMILES string of the molecule is CC1CN(C(=O)c2ccccc2CC(=O)C2CC2)Cc2cncnc21. The molecule has 2 heterocycles. The van der Waals surface area contributed by atoms with E-state index in [9.17, 15) is 9.59 Å². The Hall–Kier alpha value is -2.56. The summed E-state index contributed by atoms with van der Waals surface area (Å²) in [6.07, 6.45) is 5.70. The number of nitrogens with zero attached hydrogens (tertiary/aromatic N) is 3. The maximum Gasteiger partial charge on any atom is 0.254 e. The summed E-state index contributed by atoms with van der Waals surface area (Å²) in [5, 5.41) is 0. The molecule has 0 saturated heterocycles. The van der Waals surface area contributed by atoms with E-state index >= 15 is 0 Å². The number of carbonyl (C=O) groups excluding carboxylic acids is 2. The van der Waals surface area contributed by atoms with Crippen molar-refractivity contribution in [3.63, 3.8) is 0 Å². The monoisotopic (exact) mass is 335 g/mol. The smallest absolute Gasteiger partial charge is 0.254 e. The molecule has 128 valence electrons. The minimum Gasteiger partial charge on any atom is -0.334 e.